The molecule has 7 N–H and O–H groups in total. The summed E-state index contributed by atoms with van der Waals surface area (Å²) in [5.41, 5.74) is 12.2. The second-order valence-electron chi connectivity index (χ2n) is 6.85. The van der Waals surface area contributed by atoms with Gasteiger partial charge in [0.1, 0.15) is 25.3 Å². The number of carboxylic acid groups (broad SMARTS) is 1. The Kier molecular flexibility index (Phi) is 20.0. The summed E-state index contributed by atoms with van der Waals surface area (Å²) in [5.74, 6) is -1.79. The molecule has 2 atom stereocenters. The van der Waals surface area contributed by atoms with Crippen molar-refractivity contribution in [2.45, 2.75) is 25.3 Å². The normalized spacial score (nSPS) is 10.9. The van der Waals surface area contributed by atoms with E-state index in [0.717, 1.165) is 11.1 Å². The molecule has 37 heavy (non-hydrogen) atoms. The highest BCUT2D eigenvalue weighted by molar-refractivity contribution is 7.59. The molecular weight excluding hydrogens is 524 g/mol. The Balaban J connectivity index is 0. The van der Waals surface area contributed by atoms with Gasteiger partial charge in [-0.15, -0.1) is 0 Å². The zero-order valence-corrected chi connectivity index (χ0v) is 22.2. The number of hydrogen-bond donors (Lipinski definition) is 5. The predicted molar refractivity (Wildman–Crippen MR) is 146 cm³/mol. The van der Waals surface area contributed by atoms with Crippen LogP contribution in [0.15, 0.2) is 60.7 Å². The fraction of sp³-hybridized carbons (Fsp3) is 0.304. The van der Waals surface area contributed by atoms with E-state index >= 15 is 0 Å². The summed E-state index contributed by atoms with van der Waals surface area (Å²) in [6.07, 6.45) is -1.51. The summed E-state index contributed by atoms with van der Waals surface area (Å²) in [7, 11) is 1.22. The number of benzene rings is 2. The number of esters is 1. The van der Waals surface area contributed by atoms with Crippen molar-refractivity contribution >= 4 is 51.1 Å². The molecule has 0 unspecified atom stereocenters. The predicted octanol–water partition coefficient (Wildman–Crippen LogP) is 0.963. The van der Waals surface area contributed by atoms with Crippen LogP contribution < -0.4 is 22.1 Å². The summed E-state index contributed by atoms with van der Waals surface area (Å²) in [4.78, 5) is 44.4. The van der Waals surface area contributed by atoms with Crippen molar-refractivity contribution in [1.82, 2.24) is 10.6 Å². The zero-order valence-electron chi connectivity index (χ0n) is 20.2. The van der Waals surface area contributed by atoms with Gasteiger partial charge in [0.15, 0.2) is 0 Å². The standard InChI is InChI=1S/C12H16N2O4.C11H14N2O4.2H2S/c1-17-11(15)10(7-13)14-12(16)18-8-9-5-3-2-4-6-9;12-6-9(10(14)15)13-11(16)17-7-8-4-2-1-3-5-8;;/h2-6,10H,7-8,13H2,1H3,(H,14,16);1-5,9H,6-7,12H2,(H,13,16)(H,14,15);2*1H2/t10-;9-;;/m00../s1. The lowest BCUT2D eigenvalue weighted by Gasteiger charge is -2.14. The lowest BCUT2D eigenvalue weighted by atomic mass is 10.2. The number of nitrogens with one attached hydrogen (secondary N) is 2. The molecule has 0 saturated carbocycles. The molecule has 0 aliphatic carbocycles. The van der Waals surface area contributed by atoms with E-state index in [1.54, 1.807) is 12.1 Å². The number of methoxy groups -OCH3 is 1. The maximum atomic E-state index is 11.4. The fourth-order valence-corrected chi connectivity index (χ4v) is 2.39. The van der Waals surface area contributed by atoms with Gasteiger partial charge >= 0.3 is 24.1 Å². The van der Waals surface area contributed by atoms with E-state index in [2.05, 4.69) is 15.4 Å². The molecule has 0 aliphatic heterocycles. The Morgan fingerprint density at radius 1 is 0.757 bits per heavy atom. The minimum atomic E-state index is -1.19. The number of nitrogens with two attached hydrogens (primary N) is 2. The third-order valence-electron chi connectivity index (χ3n) is 4.26. The van der Waals surface area contributed by atoms with Gasteiger partial charge in [-0.05, 0) is 11.1 Å². The number of carbonyl (C=O) groups is 4. The van der Waals surface area contributed by atoms with E-state index in [0.29, 0.717) is 0 Å². The number of amides is 2. The highest BCUT2D eigenvalue weighted by Crippen LogP contribution is 2.01. The van der Waals surface area contributed by atoms with E-state index in [-0.39, 0.29) is 53.3 Å². The highest BCUT2D eigenvalue weighted by Gasteiger charge is 2.20. The van der Waals surface area contributed by atoms with E-state index in [9.17, 15) is 19.2 Å². The van der Waals surface area contributed by atoms with Gasteiger partial charge in [-0.3, -0.25) is 0 Å². The average molecular weight is 559 g/mol. The van der Waals surface area contributed by atoms with Crippen LogP contribution in [-0.2, 0) is 37.0 Å². The Bertz CT molecular complexity index is 939. The molecule has 0 bridgehead atoms. The van der Waals surface area contributed by atoms with E-state index in [4.69, 9.17) is 26.0 Å². The molecule has 2 amide bonds. The molecule has 0 fully saturated rings. The van der Waals surface area contributed by atoms with Crippen molar-refractivity contribution in [3.8, 4) is 0 Å². The molecule has 2 aromatic carbocycles. The molecule has 0 spiro atoms. The average Bonchev–Trinajstić information content (AvgIpc) is 2.88. The molecule has 2 rings (SSSR count). The van der Waals surface area contributed by atoms with Crippen LogP contribution in [0.2, 0.25) is 0 Å². The van der Waals surface area contributed by atoms with Crippen LogP contribution in [-0.4, -0.2) is 61.5 Å². The first-order chi connectivity index (χ1) is 16.8. The first-order valence-electron chi connectivity index (χ1n) is 10.5. The molecule has 0 aliphatic rings. The molecule has 14 heteroatoms. The van der Waals surface area contributed by atoms with Crippen LogP contribution in [0.4, 0.5) is 9.59 Å². The minimum absolute atomic E-state index is 0. The summed E-state index contributed by atoms with van der Waals surface area (Å²) in [5, 5.41) is 13.1. The maximum Gasteiger partial charge on any atom is 0.408 e. The monoisotopic (exact) mass is 558 g/mol. The van der Waals surface area contributed by atoms with E-state index < -0.39 is 36.2 Å². The molecule has 0 aromatic heterocycles. The number of hydrogen-bond acceptors (Lipinski definition) is 9. The largest absolute Gasteiger partial charge is 0.480 e. The molecule has 12 nitrogen and oxygen atoms in total. The number of ether oxygens (including phenoxy) is 3. The number of rotatable bonds is 10. The second kappa shape index (κ2) is 20.7. The van der Waals surface area contributed by atoms with Crippen molar-refractivity contribution in [3.05, 3.63) is 71.8 Å². The smallest absolute Gasteiger partial charge is 0.408 e. The Hall–Kier alpha value is -3.46. The van der Waals surface area contributed by atoms with Gasteiger partial charge in [0.25, 0.3) is 0 Å². The molecule has 0 saturated heterocycles. The van der Waals surface area contributed by atoms with Crippen molar-refractivity contribution in [3.63, 3.8) is 0 Å². The zero-order chi connectivity index (χ0) is 26.1. The summed E-state index contributed by atoms with van der Waals surface area (Å²) >= 11 is 0. The van der Waals surface area contributed by atoms with Gasteiger partial charge in [0.05, 0.1) is 7.11 Å². The van der Waals surface area contributed by atoms with Crippen molar-refractivity contribution in [1.29, 1.82) is 0 Å². The van der Waals surface area contributed by atoms with Gasteiger partial charge in [-0.1, -0.05) is 60.7 Å². The SMILES string of the molecule is COC(=O)[C@H](CN)NC(=O)OCc1ccccc1.NC[C@H](NC(=O)OCc1ccccc1)C(=O)O.S.S. The number of carboxylic acids is 1. The van der Waals surface area contributed by atoms with E-state index in [1.165, 1.54) is 7.11 Å². The fourth-order valence-electron chi connectivity index (χ4n) is 2.39. The first kappa shape index (κ1) is 35.7. The van der Waals surface area contributed by atoms with Crippen LogP contribution in [0.5, 0.6) is 0 Å². The van der Waals surface area contributed by atoms with Crippen LogP contribution in [0.25, 0.3) is 0 Å². The molecule has 206 valence electrons. The summed E-state index contributed by atoms with van der Waals surface area (Å²) < 4.78 is 14.3. The lowest BCUT2D eigenvalue weighted by molar-refractivity contribution is -0.142. The van der Waals surface area contributed by atoms with Gasteiger partial charge in [-0.2, -0.15) is 27.0 Å². The van der Waals surface area contributed by atoms with Gasteiger partial charge < -0.3 is 41.4 Å². The van der Waals surface area contributed by atoms with Crippen molar-refractivity contribution in [2.75, 3.05) is 20.2 Å². The molecule has 0 heterocycles. The Morgan fingerprint density at radius 3 is 1.46 bits per heavy atom. The topological polar surface area (TPSA) is 192 Å². The van der Waals surface area contributed by atoms with Gasteiger partial charge in [0, 0.05) is 13.1 Å². The van der Waals surface area contributed by atoms with Gasteiger partial charge in [-0.25, -0.2) is 19.2 Å². The quantitative estimate of drug-likeness (QED) is 0.207. The molecular formula is C23H34N4O8S2. The first-order valence-corrected chi connectivity index (χ1v) is 10.5. The van der Waals surface area contributed by atoms with Crippen LogP contribution in [0.1, 0.15) is 11.1 Å². The third kappa shape index (κ3) is 15.3. The van der Waals surface area contributed by atoms with E-state index in [1.807, 2.05) is 48.5 Å². The molecule has 2 aromatic rings. The highest BCUT2D eigenvalue weighted by atomic mass is 32.1. The van der Waals surface area contributed by atoms with Crippen LogP contribution in [0, 0.1) is 0 Å². The van der Waals surface area contributed by atoms with Crippen LogP contribution >= 0.6 is 27.0 Å². The number of alkyl carbamates (subject to hydrolysis) is 2. The lowest BCUT2D eigenvalue weighted by Crippen LogP contribution is -2.46. The van der Waals surface area contributed by atoms with Crippen LogP contribution in [0.3, 0.4) is 0 Å². The number of aliphatic carboxylic acids is 1. The number of carbonyl (C=O) groups excluding carboxylic acids is 3. The third-order valence-corrected chi connectivity index (χ3v) is 4.26. The van der Waals surface area contributed by atoms with Gasteiger partial charge in [0.2, 0.25) is 0 Å². The molecule has 0 radical (unpaired) electrons. The summed E-state index contributed by atoms with van der Waals surface area (Å²) in [6.45, 7) is -0.0163. The van der Waals surface area contributed by atoms with Crippen molar-refractivity contribution in [2.24, 2.45) is 11.5 Å². The summed E-state index contributed by atoms with van der Waals surface area (Å²) in [6, 6.07) is 16.3. The minimum Gasteiger partial charge on any atom is -0.480 e. The second-order valence-corrected chi connectivity index (χ2v) is 6.85. The maximum absolute atomic E-state index is 11.4. The Labute approximate surface area is 228 Å². The Morgan fingerprint density at radius 2 is 1.14 bits per heavy atom. The van der Waals surface area contributed by atoms with Crippen molar-refractivity contribution < 1.29 is 38.5 Å².